The molecule has 0 spiro atoms. The molecule has 2 aromatic rings. The van der Waals surface area contributed by atoms with Crippen molar-refractivity contribution in [1.29, 1.82) is 0 Å². The first kappa shape index (κ1) is 17.4. The fourth-order valence-electron chi connectivity index (χ4n) is 1.83. The smallest absolute Gasteiger partial charge is 0.306 e. The Morgan fingerprint density at radius 3 is 2.96 bits per heavy atom. The molecule has 0 saturated carbocycles. The summed E-state index contributed by atoms with van der Waals surface area (Å²) in [7, 11) is 1.40. The van der Waals surface area contributed by atoms with Crippen molar-refractivity contribution in [3.63, 3.8) is 0 Å². The number of nitrogens with two attached hydrogens (primary N) is 1. The van der Waals surface area contributed by atoms with Crippen LogP contribution in [0.3, 0.4) is 0 Å². The van der Waals surface area contributed by atoms with E-state index in [4.69, 9.17) is 17.3 Å². The zero-order valence-electron chi connectivity index (χ0n) is 12.6. The van der Waals surface area contributed by atoms with E-state index in [1.54, 1.807) is 17.8 Å². The summed E-state index contributed by atoms with van der Waals surface area (Å²) in [4.78, 5) is 19.0. The third kappa shape index (κ3) is 5.96. The standard InChI is InChI=1S/C15H17ClN4O2S/c1-22-14(21)5-6-23-9-10-3-2-4-11(7-10)18-13-8-12(16)19-15(17)20-13/h2-4,7-8H,5-6,9H2,1H3,(H3,17,18,19,20). The Labute approximate surface area is 143 Å². The van der Waals surface area contributed by atoms with Gasteiger partial charge in [-0.3, -0.25) is 4.79 Å². The van der Waals surface area contributed by atoms with Gasteiger partial charge in [0.2, 0.25) is 5.95 Å². The summed E-state index contributed by atoms with van der Waals surface area (Å²) in [6.07, 6.45) is 0.415. The lowest BCUT2D eigenvalue weighted by Gasteiger charge is -2.08. The van der Waals surface area contributed by atoms with Crippen LogP contribution < -0.4 is 11.1 Å². The van der Waals surface area contributed by atoms with Crippen LogP contribution in [-0.4, -0.2) is 28.8 Å². The minimum absolute atomic E-state index is 0.120. The monoisotopic (exact) mass is 352 g/mol. The van der Waals surface area contributed by atoms with Crippen LogP contribution in [0.1, 0.15) is 12.0 Å². The third-order valence-electron chi connectivity index (χ3n) is 2.86. The molecule has 0 radical (unpaired) electrons. The van der Waals surface area contributed by atoms with Gasteiger partial charge >= 0.3 is 5.97 Å². The molecular weight excluding hydrogens is 336 g/mol. The molecule has 3 N–H and O–H groups in total. The Balaban J connectivity index is 1.93. The van der Waals surface area contributed by atoms with Gasteiger partial charge in [0.1, 0.15) is 11.0 Å². The van der Waals surface area contributed by atoms with Crippen LogP contribution in [-0.2, 0) is 15.3 Å². The normalized spacial score (nSPS) is 10.3. The number of carbonyl (C=O) groups is 1. The maximum absolute atomic E-state index is 11.1. The summed E-state index contributed by atoms with van der Waals surface area (Å²) in [6, 6.07) is 9.52. The average Bonchev–Trinajstić information content (AvgIpc) is 2.50. The van der Waals surface area contributed by atoms with Crippen LogP contribution in [0, 0.1) is 0 Å². The Hall–Kier alpha value is -1.99. The summed E-state index contributed by atoms with van der Waals surface area (Å²) in [5.41, 5.74) is 7.59. The minimum atomic E-state index is -0.189. The predicted octanol–water partition coefficient (Wildman–Crippen LogP) is 3.25. The molecule has 0 aliphatic carbocycles. The Morgan fingerprint density at radius 1 is 1.39 bits per heavy atom. The Kier molecular flexibility index (Phi) is 6.49. The first-order valence-corrected chi connectivity index (χ1v) is 8.40. The van der Waals surface area contributed by atoms with E-state index >= 15 is 0 Å². The molecule has 6 nitrogen and oxygen atoms in total. The van der Waals surface area contributed by atoms with Gasteiger partial charge in [-0.15, -0.1) is 0 Å². The fraction of sp³-hybridized carbons (Fsp3) is 0.267. The second-order valence-electron chi connectivity index (χ2n) is 4.64. The van der Waals surface area contributed by atoms with Gasteiger partial charge in [0.05, 0.1) is 13.5 Å². The topological polar surface area (TPSA) is 90.1 Å². The zero-order valence-corrected chi connectivity index (χ0v) is 14.2. The lowest BCUT2D eigenvalue weighted by Crippen LogP contribution is -2.01. The van der Waals surface area contributed by atoms with E-state index in [0.29, 0.717) is 12.2 Å². The molecule has 0 amide bonds. The van der Waals surface area contributed by atoms with Crippen LogP contribution in [0.15, 0.2) is 30.3 Å². The molecule has 0 fully saturated rings. The van der Waals surface area contributed by atoms with Gasteiger partial charge in [-0.05, 0) is 17.7 Å². The maximum atomic E-state index is 11.1. The number of aromatic nitrogens is 2. The zero-order chi connectivity index (χ0) is 16.7. The first-order chi connectivity index (χ1) is 11.1. The summed E-state index contributed by atoms with van der Waals surface area (Å²) in [5, 5.41) is 3.43. The number of methoxy groups -OCH3 is 1. The van der Waals surface area contributed by atoms with Gasteiger partial charge in [0, 0.05) is 23.3 Å². The molecule has 0 aliphatic rings. The van der Waals surface area contributed by atoms with Crippen molar-refractivity contribution in [2.24, 2.45) is 0 Å². The summed E-state index contributed by atoms with van der Waals surface area (Å²) < 4.78 is 4.61. The summed E-state index contributed by atoms with van der Waals surface area (Å²) in [5.74, 6) is 2.00. The molecule has 2 rings (SSSR count). The van der Waals surface area contributed by atoms with Gasteiger partial charge < -0.3 is 15.8 Å². The average molecular weight is 353 g/mol. The van der Waals surface area contributed by atoms with E-state index < -0.39 is 0 Å². The molecule has 1 aromatic heterocycles. The maximum Gasteiger partial charge on any atom is 0.306 e. The van der Waals surface area contributed by atoms with Gasteiger partial charge in [0.25, 0.3) is 0 Å². The summed E-state index contributed by atoms with van der Waals surface area (Å²) in [6.45, 7) is 0. The van der Waals surface area contributed by atoms with Crippen molar-refractivity contribution < 1.29 is 9.53 Å². The second kappa shape index (κ2) is 8.59. The number of nitrogens with one attached hydrogen (secondary N) is 1. The van der Waals surface area contributed by atoms with Crippen molar-refractivity contribution in [3.05, 3.63) is 41.0 Å². The van der Waals surface area contributed by atoms with Crippen LogP contribution in [0.5, 0.6) is 0 Å². The highest BCUT2D eigenvalue weighted by Gasteiger charge is 2.03. The van der Waals surface area contributed by atoms with Crippen LogP contribution in [0.4, 0.5) is 17.5 Å². The number of anilines is 3. The lowest BCUT2D eigenvalue weighted by atomic mass is 10.2. The van der Waals surface area contributed by atoms with Crippen molar-refractivity contribution in [3.8, 4) is 0 Å². The molecule has 8 heteroatoms. The number of thioether (sulfide) groups is 1. The van der Waals surface area contributed by atoms with E-state index in [1.807, 2.05) is 24.3 Å². The van der Waals surface area contributed by atoms with Crippen LogP contribution in [0.2, 0.25) is 5.15 Å². The van der Waals surface area contributed by atoms with Crippen molar-refractivity contribution >= 4 is 46.8 Å². The fourth-order valence-corrected chi connectivity index (χ4v) is 2.89. The number of hydrogen-bond acceptors (Lipinski definition) is 7. The van der Waals surface area contributed by atoms with Crippen molar-refractivity contribution in [1.82, 2.24) is 9.97 Å². The molecule has 0 saturated heterocycles. The molecule has 0 atom stereocenters. The SMILES string of the molecule is COC(=O)CCSCc1cccc(Nc2cc(Cl)nc(N)n2)c1. The molecule has 0 bridgehead atoms. The van der Waals surface area contributed by atoms with Crippen LogP contribution >= 0.6 is 23.4 Å². The molecular formula is C15H17ClN4O2S. The number of nitrogen functional groups attached to an aromatic ring is 1. The van der Waals surface area contributed by atoms with Crippen molar-refractivity contribution in [2.45, 2.75) is 12.2 Å². The van der Waals surface area contributed by atoms with E-state index in [1.165, 1.54) is 7.11 Å². The van der Waals surface area contributed by atoms with E-state index in [2.05, 4.69) is 20.0 Å². The molecule has 23 heavy (non-hydrogen) atoms. The number of halogens is 1. The molecule has 1 heterocycles. The molecule has 1 aromatic carbocycles. The van der Waals surface area contributed by atoms with Gasteiger partial charge in [0.15, 0.2) is 0 Å². The second-order valence-corrected chi connectivity index (χ2v) is 6.13. The predicted molar refractivity (Wildman–Crippen MR) is 94.0 cm³/mol. The number of carbonyl (C=O) groups excluding carboxylic acids is 1. The summed E-state index contributed by atoms with van der Waals surface area (Å²) >= 11 is 7.53. The first-order valence-electron chi connectivity index (χ1n) is 6.87. The third-order valence-corrected chi connectivity index (χ3v) is 4.08. The van der Waals surface area contributed by atoms with Crippen molar-refractivity contribution in [2.75, 3.05) is 23.9 Å². The molecule has 0 unspecified atom stereocenters. The number of rotatable bonds is 7. The molecule has 122 valence electrons. The highest BCUT2D eigenvalue weighted by Crippen LogP contribution is 2.21. The number of esters is 1. The Morgan fingerprint density at radius 2 is 2.22 bits per heavy atom. The molecule has 0 aliphatic heterocycles. The minimum Gasteiger partial charge on any atom is -0.469 e. The quantitative estimate of drug-likeness (QED) is 0.449. The van der Waals surface area contributed by atoms with Gasteiger partial charge in [-0.1, -0.05) is 23.7 Å². The number of hydrogen-bond donors (Lipinski definition) is 2. The van der Waals surface area contributed by atoms with Gasteiger partial charge in [-0.25, -0.2) is 4.98 Å². The highest BCUT2D eigenvalue weighted by molar-refractivity contribution is 7.98. The van der Waals surface area contributed by atoms with Crippen LogP contribution in [0.25, 0.3) is 0 Å². The number of nitrogens with zero attached hydrogens (tertiary/aromatic N) is 2. The van der Waals surface area contributed by atoms with E-state index in [-0.39, 0.29) is 17.1 Å². The number of benzene rings is 1. The van der Waals surface area contributed by atoms with E-state index in [9.17, 15) is 4.79 Å². The van der Waals surface area contributed by atoms with Gasteiger partial charge in [-0.2, -0.15) is 16.7 Å². The lowest BCUT2D eigenvalue weighted by molar-refractivity contribution is -0.140. The number of ether oxygens (including phenoxy) is 1. The Bertz CT molecular complexity index is 664. The highest BCUT2D eigenvalue weighted by atomic mass is 35.5. The largest absolute Gasteiger partial charge is 0.469 e. The van der Waals surface area contributed by atoms with E-state index in [0.717, 1.165) is 22.8 Å².